The molecule has 0 saturated carbocycles. The number of aromatic nitrogens is 3. The molecule has 0 fully saturated rings. The van der Waals surface area contributed by atoms with E-state index in [4.69, 9.17) is 11.6 Å². The molecule has 0 unspecified atom stereocenters. The molecule has 1 amide bonds. The highest BCUT2D eigenvalue weighted by atomic mass is 35.5. The van der Waals surface area contributed by atoms with Gasteiger partial charge in [-0.25, -0.2) is 9.18 Å². The summed E-state index contributed by atoms with van der Waals surface area (Å²) in [6, 6.07) is 20.6. The number of amides is 1. The Morgan fingerprint density at radius 3 is 2.47 bits per heavy atom. The van der Waals surface area contributed by atoms with Crippen LogP contribution in [0.4, 0.5) is 4.39 Å². The molecule has 0 bridgehead atoms. The lowest BCUT2D eigenvalue weighted by molar-refractivity contribution is 0.0930. The summed E-state index contributed by atoms with van der Waals surface area (Å²) in [5.41, 5.74) is -0.691. The lowest BCUT2D eigenvalue weighted by atomic mass is 10.1. The van der Waals surface area contributed by atoms with Crippen molar-refractivity contribution in [1.29, 1.82) is 0 Å². The van der Waals surface area contributed by atoms with Crippen LogP contribution in [0.3, 0.4) is 0 Å². The summed E-state index contributed by atoms with van der Waals surface area (Å²) >= 11 is 6.04. The fourth-order valence-corrected chi connectivity index (χ4v) is 3.69. The van der Waals surface area contributed by atoms with Crippen LogP contribution in [0.15, 0.2) is 88.5 Å². The Kier molecular flexibility index (Phi) is 6.70. The molecular weight excluding hydrogens is 459 g/mol. The highest BCUT2D eigenvalue weighted by Crippen LogP contribution is 2.13. The Hall–Kier alpha value is -4.04. The van der Waals surface area contributed by atoms with Gasteiger partial charge in [0.05, 0.1) is 18.3 Å². The molecule has 0 radical (unpaired) electrons. The molecule has 1 aromatic heterocycles. The Morgan fingerprint density at radius 1 is 1.03 bits per heavy atom. The summed E-state index contributed by atoms with van der Waals surface area (Å²) in [7, 11) is 0. The molecule has 1 N–H and O–H groups in total. The summed E-state index contributed by atoms with van der Waals surface area (Å²) in [6.07, 6.45) is 0. The number of carbonyl (C=O) groups is 1. The molecule has 9 heteroatoms. The molecule has 4 rings (SSSR count). The van der Waals surface area contributed by atoms with Gasteiger partial charge in [-0.15, -0.1) is 0 Å². The molecule has 7 nitrogen and oxygen atoms in total. The zero-order chi connectivity index (χ0) is 24.2. The molecule has 0 aliphatic rings. The van der Waals surface area contributed by atoms with Crippen LogP contribution >= 0.6 is 11.6 Å². The fourth-order valence-electron chi connectivity index (χ4n) is 3.48. The molecular formula is C25H20ClFN4O3. The third kappa shape index (κ3) is 4.97. The minimum Gasteiger partial charge on any atom is -0.344 e. The van der Waals surface area contributed by atoms with Crippen molar-refractivity contribution in [2.24, 2.45) is 0 Å². The van der Waals surface area contributed by atoms with E-state index in [9.17, 15) is 18.8 Å². The molecule has 172 valence electrons. The van der Waals surface area contributed by atoms with Crippen molar-refractivity contribution in [1.82, 2.24) is 19.7 Å². The molecule has 0 saturated heterocycles. The molecule has 0 spiro atoms. The third-order valence-corrected chi connectivity index (χ3v) is 5.44. The summed E-state index contributed by atoms with van der Waals surface area (Å²) < 4.78 is 15.6. The number of rotatable bonds is 6. The van der Waals surface area contributed by atoms with Gasteiger partial charge in [0, 0.05) is 5.02 Å². The molecule has 1 atom stereocenters. The summed E-state index contributed by atoms with van der Waals surface area (Å²) in [6.45, 7) is 1.62. The largest absolute Gasteiger partial charge is 0.352 e. The van der Waals surface area contributed by atoms with Crippen molar-refractivity contribution in [2.75, 3.05) is 0 Å². The lowest BCUT2D eigenvalue weighted by Crippen LogP contribution is -2.46. The first kappa shape index (κ1) is 23.1. The Labute approximate surface area is 199 Å². The molecule has 34 heavy (non-hydrogen) atoms. The number of hydrogen-bond acceptors (Lipinski definition) is 4. The zero-order valence-corrected chi connectivity index (χ0v) is 18.9. The molecule has 4 aromatic rings. The Bertz CT molecular complexity index is 1470. The van der Waals surface area contributed by atoms with Gasteiger partial charge >= 0.3 is 5.69 Å². The second-order valence-corrected chi connectivity index (χ2v) is 8.09. The van der Waals surface area contributed by atoms with Crippen LogP contribution in [0.25, 0.3) is 5.69 Å². The van der Waals surface area contributed by atoms with Crippen LogP contribution in [0.1, 0.15) is 34.6 Å². The van der Waals surface area contributed by atoms with Gasteiger partial charge in [0.15, 0.2) is 0 Å². The quantitative estimate of drug-likeness (QED) is 0.457. The van der Waals surface area contributed by atoms with Crippen molar-refractivity contribution in [2.45, 2.75) is 19.5 Å². The van der Waals surface area contributed by atoms with Crippen LogP contribution in [0.2, 0.25) is 5.02 Å². The fraction of sp³-hybridized carbons (Fsp3) is 0.120. The van der Waals surface area contributed by atoms with E-state index in [1.54, 1.807) is 31.2 Å². The molecule has 1 heterocycles. The number of nitrogens with one attached hydrogen (secondary N) is 1. The highest BCUT2D eigenvalue weighted by molar-refractivity contribution is 6.30. The standard InChI is InChI=1S/C25H20ClFN4O3/c1-16(18-8-3-2-4-9-18)28-23(32)22-24(33)30(15-17-7-5-10-19(26)13-17)25(34)31(29-22)21-12-6-11-20(27)14-21/h2-14,16H,15H2,1H3,(H,28,32)/t16-/m0/s1. The number of nitrogens with zero attached hydrogens (tertiary/aromatic N) is 3. The van der Waals surface area contributed by atoms with Gasteiger partial charge in [-0.1, -0.05) is 60.1 Å². The van der Waals surface area contributed by atoms with Crippen molar-refractivity contribution >= 4 is 17.5 Å². The van der Waals surface area contributed by atoms with Gasteiger partial charge in [-0.05, 0) is 48.4 Å². The van der Waals surface area contributed by atoms with E-state index in [-0.39, 0.29) is 12.2 Å². The van der Waals surface area contributed by atoms with Gasteiger partial charge < -0.3 is 5.32 Å². The average Bonchev–Trinajstić information content (AvgIpc) is 2.82. The number of hydrogen-bond donors (Lipinski definition) is 1. The maximum Gasteiger partial charge on any atom is 0.352 e. The smallest absolute Gasteiger partial charge is 0.344 e. The highest BCUT2D eigenvalue weighted by Gasteiger charge is 2.22. The van der Waals surface area contributed by atoms with Crippen molar-refractivity contribution in [3.05, 3.63) is 127 Å². The Balaban J connectivity index is 1.82. The predicted octanol–water partition coefficient (Wildman–Crippen LogP) is 3.73. The summed E-state index contributed by atoms with van der Waals surface area (Å²) in [5, 5.41) is 7.18. The first-order chi connectivity index (χ1) is 16.3. The van der Waals surface area contributed by atoms with E-state index >= 15 is 0 Å². The van der Waals surface area contributed by atoms with Crippen molar-refractivity contribution in [3.63, 3.8) is 0 Å². The monoisotopic (exact) mass is 478 g/mol. The van der Waals surface area contributed by atoms with Crippen LogP contribution in [-0.4, -0.2) is 20.3 Å². The first-order valence-corrected chi connectivity index (χ1v) is 10.8. The second-order valence-electron chi connectivity index (χ2n) is 7.65. The molecule has 0 aliphatic carbocycles. The zero-order valence-electron chi connectivity index (χ0n) is 18.1. The first-order valence-electron chi connectivity index (χ1n) is 10.4. The van der Waals surface area contributed by atoms with E-state index in [2.05, 4.69) is 10.4 Å². The van der Waals surface area contributed by atoms with Gasteiger partial charge in [0.25, 0.3) is 11.5 Å². The topological polar surface area (TPSA) is 86.0 Å². The van der Waals surface area contributed by atoms with Crippen LogP contribution in [0.5, 0.6) is 0 Å². The van der Waals surface area contributed by atoms with Crippen molar-refractivity contribution in [3.8, 4) is 5.69 Å². The van der Waals surface area contributed by atoms with Crippen LogP contribution < -0.4 is 16.6 Å². The normalized spacial score (nSPS) is 11.7. The number of halogens is 2. The van der Waals surface area contributed by atoms with Gasteiger partial charge in [-0.2, -0.15) is 9.78 Å². The lowest BCUT2D eigenvalue weighted by Gasteiger charge is -2.16. The summed E-state index contributed by atoms with van der Waals surface area (Å²) in [5.74, 6) is -1.35. The minimum atomic E-state index is -0.865. The van der Waals surface area contributed by atoms with E-state index in [0.29, 0.717) is 10.6 Å². The number of benzene rings is 3. The average molecular weight is 479 g/mol. The minimum absolute atomic E-state index is 0.0787. The molecule has 0 aliphatic heterocycles. The Morgan fingerprint density at radius 2 is 1.76 bits per heavy atom. The van der Waals surface area contributed by atoms with Crippen LogP contribution in [-0.2, 0) is 6.54 Å². The van der Waals surface area contributed by atoms with E-state index in [1.165, 1.54) is 18.2 Å². The predicted molar refractivity (Wildman–Crippen MR) is 127 cm³/mol. The van der Waals surface area contributed by atoms with Gasteiger partial charge in [-0.3, -0.25) is 14.2 Å². The third-order valence-electron chi connectivity index (χ3n) is 5.20. The molecule has 3 aromatic carbocycles. The number of carbonyl (C=O) groups excluding carboxylic acids is 1. The van der Waals surface area contributed by atoms with Crippen molar-refractivity contribution < 1.29 is 9.18 Å². The summed E-state index contributed by atoms with van der Waals surface area (Å²) in [4.78, 5) is 39.5. The van der Waals surface area contributed by atoms with E-state index < -0.39 is 34.7 Å². The van der Waals surface area contributed by atoms with Gasteiger partial charge in [0.1, 0.15) is 5.82 Å². The van der Waals surface area contributed by atoms with E-state index in [1.807, 2.05) is 30.3 Å². The SMILES string of the molecule is C[C@H](NC(=O)c1nn(-c2cccc(F)c2)c(=O)n(Cc2cccc(Cl)c2)c1=O)c1ccccc1. The van der Waals surface area contributed by atoms with E-state index in [0.717, 1.165) is 20.9 Å². The van der Waals surface area contributed by atoms with Gasteiger partial charge in [0.2, 0.25) is 5.69 Å². The second kappa shape index (κ2) is 9.84. The maximum absolute atomic E-state index is 13.9. The van der Waals surface area contributed by atoms with Crippen LogP contribution in [0, 0.1) is 5.82 Å². The maximum atomic E-state index is 13.9.